The van der Waals surface area contributed by atoms with Crippen LogP contribution in [-0.4, -0.2) is 19.9 Å². The molecule has 0 N–H and O–H groups in total. The summed E-state index contributed by atoms with van der Waals surface area (Å²) in [6, 6.07) is 44.7. The van der Waals surface area contributed by atoms with Crippen LogP contribution in [0.5, 0.6) is 0 Å². The van der Waals surface area contributed by atoms with E-state index in [0.29, 0.717) is 23.2 Å². The minimum atomic E-state index is 0.607. The summed E-state index contributed by atoms with van der Waals surface area (Å²) < 4.78 is 6.27. The second-order valence-electron chi connectivity index (χ2n) is 9.87. The molecule has 0 aliphatic rings. The largest absolute Gasteiger partial charge is 0.438 e. The molecule has 0 unspecified atom stereocenters. The standard InChI is InChI=1S/C36H22N4O/c1-3-13-23(14-4-1)33-38-34(24-15-5-2-6-16-24)40-35(39-33)26-18-8-7-17-25(26)31-27-19-9-11-21-29(27)37-36-32(31)28-20-10-12-22-30(28)41-36/h1-22H. The molecule has 0 radical (unpaired) electrons. The van der Waals surface area contributed by atoms with Gasteiger partial charge in [-0.1, -0.05) is 121 Å². The fourth-order valence-electron chi connectivity index (χ4n) is 5.48. The zero-order chi connectivity index (χ0) is 27.2. The van der Waals surface area contributed by atoms with Crippen LogP contribution >= 0.6 is 0 Å². The van der Waals surface area contributed by atoms with E-state index in [-0.39, 0.29) is 0 Å². The first-order valence-corrected chi connectivity index (χ1v) is 13.5. The van der Waals surface area contributed by atoms with Gasteiger partial charge in [0.15, 0.2) is 17.5 Å². The molecule has 0 aliphatic heterocycles. The van der Waals surface area contributed by atoms with E-state index >= 15 is 0 Å². The molecule has 0 saturated carbocycles. The fraction of sp³-hybridized carbons (Fsp3) is 0. The Morgan fingerprint density at radius 1 is 0.415 bits per heavy atom. The minimum Gasteiger partial charge on any atom is -0.438 e. The molecule has 5 aromatic carbocycles. The van der Waals surface area contributed by atoms with Gasteiger partial charge in [0.05, 0.1) is 10.9 Å². The highest BCUT2D eigenvalue weighted by molar-refractivity contribution is 6.19. The van der Waals surface area contributed by atoms with Crippen molar-refractivity contribution in [3.63, 3.8) is 0 Å². The smallest absolute Gasteiger partial charge is 0.228 e. The van der Waals surface area contributed by atoms with Gasteiger partial charge in [-0.25, -0.2) is 19.9 Å². The first kappa shape index (κ1) is 23.2. The topological polar surface area (TPSA) is 64.7 Å². The summed E-state index contributed by atoms with van der Waals surface area (Å²) in [5, 5.41) is 3.04. The maximum absolute atomic E-state index is 6.27. The lowest BCUT2D eigenvalue weighted by molar-refractivity contribution is 0.656. The highest BCUT2D eigenvalue weighted by Crippen LogP contribution is 2.43. The molecule has 0 atom stereocenters. The van der Waals surface area contributed by atoms with Gasteiger partial charge >= 0.3 is 0 Å². The lowest BCUT2D eigenvalue weighted by atomic mass is 9.92. The molecular weight excluding hydrogens is 504 g/mol. The molecule has 3 heterocycles. The van der Waals surface area contributed by atoms with Crippen molar-refractivity contribution in [3.8, 4) is 45.3 Å². The quantitative estimate of drug-likeness (QED) is 0.229. The second kappa shape index (κ2) is 9.50. The van der Waals surface area contributed by atoms with Gasteiger partial charge in [0, 0.05) is 33.0 Å². The van der Waals surface area contributed by atoms with Crippen molar-refractivity contribution < 1.29 is 4.42 Å². The Hall–Kier alpha value is -5.68. The number of furan rings is 1. The summed E-state index contributed by atoms with van der Waals surface area (Å²) in [5.74, 6) is 1.86. The lowest BCUT2D eigenvalue weighted by Gasteiger charge is -2.14. The number of rotatable bonds is 4. The molecule has 0 fully saturated rings. The van der Waals surface area contributed by atoms with E-state index in [1.54, 1.807) is 0 Å². The summed E-state index contributed by atoms with van der Waals surface area (Å²) in [5.41, 5.74) is 7.12. The molecule has 8 rings (SSSR count). The highest BCUT2D eigenvalue weighted by Gasteiger charge is 2.21. The Kier molecular flexibility index (Phi) is 5.38. The van der Waals surface area contributed by atoms with Crippen LogP contribution in [0.1, 0.15) is 0 Å². The van der Waals surface area contributed by atoms with Crippen LogP contribution < -0.4 is 0 Å². The number of hydrogen-bond donors (Lipinski definition) is 0. The number of para-hydroxylation sites is 2. The zero-order valence-corrected chi connectivity index (χ0v) is 21.9. The van der Waals surface area contributed by atoms with Crippen LogP contribution in [0.2, 0.25) is 0 Å². The average Bonchev–Trinajstić information content (AvgIpc) is 3.42. The third-order valence-corrected chi connectivity index (χ3v) is 7.36. The Labute approximate surface area is 235 Å². The van der Waals surface area contributed by atoms with Crippen molar-refractivity contribution in [1.82, 2.24) is 19.9 Å². The van der Waals surface area contributed by atoms with Crippen LogP contribution in [0, 0.1) is 0 Å². The summed E-state index contributed by atoms with van der Waals surface area (Å²) in [6.45, 7) is 0. The second-order valence-corrected chi connectivity index (χ2v) is 9.87. The summed E-state index contributed by atoms with van der Waals surface area (Å²) in [4.78, 5) is 19.9. The molecule has 8 aromatic rings. The monoisotopic (exact) mass is 526 g/mol. The van der Waals surface area contributed by atoms with E-state index in [0.717, 1.165) is 55.1 Å². The van der Waals surface area contributed by atoms with Gasteiger partial charge in [0.2, 0.25) is 5.71 Å². The number of pyridine rings is 1. The fourth-order valence-corrected chi connectivity index (χ4v) is 5.48. The SMILES string of the molecule is c1ccc(-c2nc(-c3ccccc3)nc(-c3ccccc3-c3c4ccccc4nc4oc5ccccc5c34)n2)cc1. The molecule has 5 nitrogen and oxygen atoms in total. The number of benzene rings is 5. The summed E-state index contributed by atoms with van der Waals surface area (Å²) in [7, 11) is 0. The van der Waals surface area contributed by atoms with Gasteiger partial charge < -0.3 is 4.42 Å². The van der Waals surface area contributed by atoms with E-state index in [9.17, 15) is 0 Å². The molecule has 0 saturated heterocycles. The van der Waals surface area contributed by atoms with E-state index in [1.807, 2.05) is 103 Å². The maximum Gasteiger partial charge on any atom is 0.228 e. The van der Waals surface area contributed by atoms with E-state index in [1.165, 1.54) is 0 Å². The average molecular weight is 527 g/mol. The molecule has 0 bridgehead atoms. The van der Waals surface area contributed by atoms with Gasteiger partial charge in [-0.05, 0) is 17.7 Å². The minimum absolute atomic E-state index is 0.607. The Balaban J connectivity index is 1.46. The first-order valence-electron chi connectivity index (χ1n) is 13.5. The Morgan fingerprint density at radius 3 is 1.66 bits per heavy atom. The molecule has 192 valence electrons. The van der Waals surface area contributed by atoms with E-state index in [4.69, 9.17) is 24.4 Å². The molecule has 5 heteroatoms. The lowest BCUT2D eigenvalue weighted by Crippen LogP contribution is -2.01. The summed E-state index contributed by atoms with van der Waals surface area (Å²) in [6.07, 6.45) is 0. The third kappa shape index (κ3) is 3.95. The van der Waals surface area contributed by atoms with Gasteiger partial charge in [-0.15, -0.1) is 0 Å². The molecule has 0 spiro atoms. The van der Waals surface area contributed by atoms with Crippen LogP contribution in [0.15, 0.2) is 138 Å². The Bertz CT molecular complexity index is 2150. The van der Waals surface area contributed by atoms with Gasteiger partial charge in [0.25, 0.3) is 0 Å². The normalized spacial score (nSPS) is 11.4. The molecular formula is C36H22N4O. The first-order chi connectivity index (χ1) is 20.3. The number of fused-ring (bicyclic) bond motifs is 4. The third-order valence-electron chi connectivity index (χ3n) is 7.36. The molecule has 3 aromatic heterocycles. The van der Waals surface area contributed by atoms with E-state index in [2.05, 4.69) is 30.3 Å². The van der Waals surface area contributed by atoms with Crippen molar-refractivity contribution in [2.24, 2.45) is 0 Å². The molecule has 0 amide bonds. The van der Waals surface area contributed by atoms with Crippen molar-refractivity contribution >= 4 is 33.0 Å². The summed E-state index contributed by atoms with van der Waals surface area (Å²) >= 11 is 0. The van der Waals surface area contributed by atoms with E-state index < -0.39 is 0 Å². The zero-order valence-electron chi connectivity index (χ0n) is 21.9. The molecule has 41 heavy (non-hydrogen) atoms. The van der Waals surface area contributed by atoms with Crippen LogP contribution in [-0.2, 0) is 0 Å². The predicted molar refractivity (Wildman–Crippen MR) is 164 cm³/mol. The van der Waals surface area contributed by atoms with Crippen molar-refractivity contribution in [1.29, 1.82) is 0 Å². The molecule has 0 aliphatic carbocycles. The number of nitrogens with zero attached hydrogens (tertiary/aromatic N) is 4. The van der Waals surface area contributed by atoms with Gasteiger partial charge in [-0.2, -0.15) is 0 Å². The Morgan fingerprint density at radius 2 is 0.951 bits per heavy atom. The van der Waals surface area contributed by atoms with Crippen LogP contribution in [0.4, 0.5) is 0 Å². The van der Waals surface area contributed by atoms with Gasteiger partial charge in [0.1, 0.15) is 5.58 Å². The van der Waals surface area contributed by atoms with Crippen molar-refractivity contribution in [2.45, 2.75) is 0 Å². The number of hydrogen-bond acceptors (Lipinski definition) is 5. The van der Waals surface area contributed by atoms with Crippen molar-refractivity contribution in [2.75, 3.05) is 0 Å². The number of aromatic nitrogens is 4. The highest BCUT2D eigenvalue weighted by atomic mass is 16.3. The van der Waals surface area contributed by atoms with Gasteiger partial charge in [-0.3, -0.25) is 0 Å². The maximum atomic E-state index is 6.27. The van der Waals surface area contributed by atoms with Crippen LogP contribution in [0.25, 0.3) is 78.3 Å². The van der Waals surface area contributed by atoms with Crippen LogP contribution in [0.3, 0.4) is 0 Å². The van der Waals surface area contributed by atoms with Crippen molar-refractivity contribution in [3.05, 3.63) is 133 Å². The predicted octanol–water partition coefficient (Wildman–Crippen LogP) is 8.99.